The van der Waals surface area contributed by atoms with Gasteiger partial charge in [-0.05, 0) is 45.5 Å². The molecule has 1 aliphatic carbocycles. The quantitative estimate of drug-likeness (QED) is 0.235. The second kappa shape index (κ2) is 10.9. The minimum Gasteiger partial charge on any atom is -0.474 e. The zero-order valence-corrected chi connectivity index (χ0v) is 24.2. The molecule has 1 aromatic carbocycles. The number of nitrogens with zero attached hydrogens (tertiary/aromatic N) is 5. The van der Waals surface area contributed by atoms with Gasteiger partial charge in [-0.15, -0.1) is 0 Å². The molecule has 0 saturated carbocycles. The van der Waals surface area contributed by atoms with E-state index in [9.17, 15) is 13.6 Å². The van der Waals surface area contributed by atoms with Crippen LogP contribution >= 0.6 is 0 Å². The number of carbonyl (C=O) groups excluding carboxylic acids is 1. The number of aromatic nitrogens is 3. The topological polar surface area (TPSA) is 72.2 Å². The number of pyridine rings is 2. The zero-order chi connectivity index (χ0) is 30.5. The number of para-hydroxylation sites is 1. The maximum absolute atomic E-state index is 15.4. The Morgan fingerprint density at radius 1 is 1.09 bits per heavy atom. The molecule has 0 amide bonds. The number of benzene rings is 1. The minimum atomic E-state index is -3.01. The number of alkyl halides is 2. The summed E-state index contributed by atoms with van der Waals surface area (Å²) >= 11 is 0. The molecule has 1 atom stereocenters. The molecule has 1 aliphatic heterocycles. The fourth-order valence-electron chi connectivity index (χ4n) is 5.78. The molecule has 43 heavy (non-hydrogen) atoms. The molecule has 2 aliphatic rings. The van der Waals surface area contributed by atoms with Gasteiger partial charge >= 0.3 is 6.61 Å². The first-order valence-corrected chi connectivity index (χ1v) is 14.1. The predicted molar refractivity (Wildman–Crippen MR) is 156 cm³/mol. The van der Waals surface area contributed by atoms with Gasteiger partial charge in [-0.25, -0.2) is 14.4 Å². The summed E-state index contributed by atoms with van der Waals surface area (Å²) in [6.07, 6.45) is 3.27. The van der Waals surface area contributed by atoms with Gasteiger partial charge in [-0.3, -0.25) is 4.79 Å². The molecule has 8 nitrogen and oxygen atoms in total. The first kappa shape index (κ1) is 28.6. The van der Waals surface area contributed by atoms with Crippen LogP contribution in [0.1, 0.15) is 54.9 Å². The number of halogens is 3. The molecule has 0 bridgehead atoms. The Kier molecular flexibility index (Phi) is 7.27. The smallest absolute Gasteiger partial charge is 0.387 e. The van der Waals surface area contributed by atoms with Crippen LogP contribution in [-0.4, -0.2) is 63.4 Å². The van der Waals surface area contributed by atoms with Crippen LogP contribution < -0.4 is 9.64 Å². The number of ether oxygens (including phenoxy) is 2. The molecule has 1 saturated heterocycles. The zero-order valence-electron chi connectivity index (χ0n) is 24.2. The highest BCUT2D eigenvalue weighted by molar-refractivity contribution is 6.00. The van der Waals surface area contributed by atoms with Crippen LogP contribution in [0.25, 0.3) is 16.8 Å². The van der Waals surface area contributed by atoms with Gasteiger partial charge in [-0.2, -0.15) is 8.78 Å². The monoisotopic (exact) mass is 591 g/mol. The van der Waals surface area contributed by atoms with Crippen molar-refractivity contribution >= 4 is 17.2 Å². The van der Waals surface area contributed by atoms with Crippen LogP contribution in [0.2, 0.25) is 0 Å². The third-order valence-corrected chi connectivity index (χ3v) is 7.68. The standard InChI is InChI=1S/C32H32F3N5O3/c1-19(43-32(2,3)4)38-11-13-39(14-12-38)27-10-9-20(17-36-27)23-18-40-28(16-24(23)33)37-29-25(41)15-22(30(29)40)21-7-5-6-8-26(21)42-31(34)35/h5-10,16-18,22,31H,1,11-15H2,2-4H3. The molecule has 4 aromatic rings. The number of fused-ring (bicyclic) bond motifs is 3. The van der Waals surface area contributed by atoms with Gasteiger partial charge in [0.1, 0.15) is 34.3 Å². The summed E-state index contributed by atoms with van der Waals surface area (Å²) in [7, 11) is 0. The van der Waals surface area contributed by atoms with Crippen LogP contribution in [0.15, 0.2) is 67.3 Å². The summed E-state index contributed by atoms with van der Waals surface area (Å²) in [5.74, 6) is 0.0968. The van der Waals surface area contributed by atoms with Crippen molar-refractivity contribution in [1.82, 2.24) is 19.3 Å². The normalized spacial score (nSPS) is 17.1. The lowest BCUT2D eigenvalue weighted by molar-refractivity contribution is -0.0505. The Hall–Kier alpha value is -4.54. The van der Waals surface area contributed by atoms with Crippen LogP contribution in [0.3, 0.4) is 0 Å². The highest BCUT2D eigenvalue weighted by Gasteiger charge is 2.37. The van der Waals surface area contributed by atoms with Crippen molar-refractivity contribution in [2.24, 2.45) is 0 Å². The summed E-state index contributed by atoms with van der Waals surface area (Å²) < 4.78 is 53.9. The molecule has 0 spiro atoms. The first-order valence-electron chi connectivity index (χ1n) is 14.1. The molecular weight excluding hydrogens is 559 g/mol. The Morgan fingerprint density at radius 3 is 2.51 bits per heavy atom. The molecule has 4 heterocycles. The molecule has 6 rings (SSSR count). The van der Waals surface area contributed by atoms with Crippen molar-refractivity contribution in [3.05, 3.63) is 90.1 Å². The highest BCUT2D eigenvalue weighted by atomic mass is 19.3. The molecule has 3 aromatic heterocycles. The third-order valence-electron chi connectivity index (χ3n) is 7.68. The Balaban J connectivity index is 1.26. The molecule has 1 unspecified atom stereocenters. The number of piperazine rings is 1. The number of rotatable bonds is 7. The lowest BCUT2D eigenvalue weighted by atomic mass is 9.95. The molecule has 11 heteroatoms. The molecule has 0 N–H and O–H groups in total. The van der Waals surface area contributed by atoms with E-state index in [1.165, 1.54) is 12.1 Å². The van der Waals surface area contributed by atoms with Crippen LogP contribution in [0.5, 0.6) is 5.75 Å². The molecule has 0 radical (unpaired) electrons. The van der Waals surface area contributed by atoms with Crippen LogP contribution in [0.4, 0.5) is 19.0 Å². The SMILES string of the molecule is C=C(OC(C)(C)C)N1CCN(c2ccc(-c3cn4c5c(nc4cc3F)C(=O)CC5c3ccccc3OC(F)F)cn2)CC1. The highest BCUT2D eigenvalue weighted by Crippen LogP contribution is 2.43. The maximum Gasteiger partial charge on any atom is 0.387 e. The number of anilines is 1. The fraction of sp³-hybridized carbons (Fsp3) is 0.344. The summed E-state index contributed by atoms with van der Waals surface area (Å²) in [4.78, 5) is 26.2. The average molecular weight is 592 g/mol. The summed E-state index contributed by atoms with van der Waals surface area (Å²) in [5.41, 5.74) is 1.95. The van der Waals surface area contributed by atoms with Crippen molar-refractivity contribution in [3.63, 3.8) is 0 Å². The fourth-order valence-corrected chi connectivity index (χ4v) is 5.78. The van der Waals surface area contributed by atoms with Crippen molar-refractivity contribution < 1.29 is 27.4 Å². The maximum atomic E-state index is 15.4. The van der Waals surface area contributed by atoms with E-state index in [-0.39, 0.29) is 40.5 Å². The van der Waals surface area contributed by atoms with Crippen molar-refractivity contribution in [1.29, 1.82) is 0 Å². The van der Waals surface area contributed by atoms with E-state index in [1.54, 1.807) is 35.0 Å². The van der Waals surface area contributed by atoms with Gasteiger partial charge < -0.3 is 23.7 Å². The lowest BCUT2D eigenvalue weighted by Crippen LogP contribution is -2.47. The number of Topliss-reactive ketones (excluding diaryl/α,β-unsaturated/α-hetero) is 1. The second-order valence-electron chi connectivity index (χ2n) is 11.7. The molecule has 1 fully saturated rings. The number of carbonyl (C=O) groups is 1. The van der Waals surface area contributed by atoms with Gasteiger partial charge in [0.05, 0.1) is 5.69 Å². The minimum absolute atomic E-state index is 0.00731. The summed E-state index contributed by atoms with van der Waals surface area (Å²) in [6.45, 7) is 9.96. The van der Waals surface area contributed by atoms with Gasteiger partial charge in [0.25, 0.3) is 0 Å². The number of hydrogen-bond acceptors (Lipinski definition) is 7. The number of ketones is 1. The second-order valence-corrected chi connectivity index (χ2v) is 11.7. The Bertz CT molecular complexity index is 1690. The molecule has 224 valence electrons. The largest absolute Gasteiger partial charge is 0.474 e. The van der Waals surface area contributed by atoms with E-state index in [2.05, 4.69) is 26.3 Å². The lowest BCUT2D eigenvalue weighted by Gasteiger charge is -2.38. The summed E-state index contributed by atoms with van der Waals surface area (Å²) in [5, 5.41) is 0. The van der Waals surface area contributed by atoms with Gasteiger partial charge in [0.2, 0.25) is 0 Å². The van der Waals surface area contributed by atoms with Gasteiger partial charge in [-0.1, -0.05) is 18.2 Å². The third kappa shape index (κ3) is 5.63. The van der Waals surface area contributed by atoms with E-state index in [1.807, 2.05) is 32.9 Å². The van der Waals surface area contributed by atoms with Crippen molar-refractivity contribution in [2.75, 3.05) is 31.1 Å². The Labute approximate surface area is 247 Å². The van der Waals surface area contributed by atoms with Gasteiger partial charge in [0, 0.05) is 73.7 Å². The van der Waals surface area contributed by atoms with E-state index in [0.29, 0.717) is 22.7 Å². The van der Waals surface area contributed by atoms with Crippen molar-refractivity contribution in [3.8, 4) is 16.9 Å². The number of hydrogen-bond donors (Lipinski definition) is 0. The van der Waals surface area contributed by atoms with E-state index < -0.39 is 18.3 Å². The van der Waals surface area contributed by atoms with Crippen LogP contribution in [-0.2, 0) is 4.74 Å². The van der Waals surface area contributed by atoms with E-state index in [0.717, 1.165) is 32.0 Å². The average Bonchev–Trinajstić information content (AvgIpc) is 3.48. The summed E-state index contributed by atoms with van der Waals surface area (Å²) in [6, 6.07) is 11.3. The van der Waals surface area contributed by atoms with Gasteiger partial charge in [0.15, 0.2) is 11.7 Å². The Morgan fingerprint density at radius 2 is 1.84 bits per heavy atom. The predicted octanol–water partition coefficient (Wildman–Crippen LogP) is 6.26. The van der Waals surface area contributed by atoms with E-state index in [4.69, 9.17) is 9.47 Å². The molecular formula is C32H32F3N5O3. The number of imidazole rings is 1. The van der Waals surface area contributed by atoms with Crippen molar-refractivity contribution in [2.45, 2.75) is 45.3 Å². The van der Waals surface area contributed by atoms with E-state index >= 15 is 4.39 Å². The van der Waals surface area contributed by atoms with Crippen LogP contribution in [0, 0.1) is 5.82 Å². The first-order chi connectivity index (χ1) is 20.5.